The van der Waals surface area contributed by atoms with Gasteiger partial charge >= 0.3 is 12.2 Å². The molecule has 128 valence electrons. The van der Waals surface area contributed by atoms with E-state index in [2.05, 4.69) is 15.6 Å². The Morgan fingerprint density at radius 2 is 2.04 bits per heavy atom. The van der Waals surface area contributed by atoms with Crippen molar-refractivity contribution < 1.29 is 22.9 Å². The number of pyridine rings is 1. The van der Waals surface area contributed by atoms with Crippen LogP contribution in [0.15, 0.2) is 18.3 Å². The highest BCUT2D eigenvalue weighted by Crippen LogP contribution is 2.34. The van der Waals surface area contributed by atoms with Crippen molar-refractivity contribution in [2.75, 3.05) is 29.9 Å². The minimum absolute atomic E-state index is 0.108. The number of hydrogen-bond acceptors (Lipinski definition) is 2. The molecular weight excluding hydrogens is 309 g/mol. The van der Waals surface area contributed by atoms with Crippen molar-refractivity contribution in [3.63, 3.8) is 0 Å². The van der Waals surface area contributed by atoms with Gasteiger partial charge in [-0.1, -0.05) is 6.92 Å². The molecule has 1 fully saturated rings. The molecule has 1 aromatic heterocycles. The number of carbonyl (C=O) groups excluding carboxylic acids is 1. The maximum Gasteiger partial charge on any atom is 0.392 e. The van der Waals surface area contributed by atoms with E-state index in [1.165, 1.54) is 0 Å². The first-order chi connectivity index (χ1) is 10.9. The summed E-state index contributed by atoms with van der Waals surface area (Å²) in [5.74, 6) is -0.452. The first kappa shape index (κ1) is 17.4. The summed E-state index contributed by atoms with van der Waals surface area (Å²) in [6.07, 6.45) is -1.40. The van der Waals surface area contributed by atoms with Crippen molar-refractivity contribution >= 4 is 17.5 Å². The molecule has 0 saturated carbocycles. The number of piperidine rings is 1. The van der Waals surface area contributed by atoms with Gasteiger partial charge in [0, 0.05) is 12.6 Å². The number of urea groups is 1. The number of alkyl halides is 3. The Labute approximate surface area is 133 Å². The Hall–Kier alpha value is -1.99. The second kappa shape index (κ2) is 7.52. The second-order valence-electron chi connectivity index (χ2n) is 5.65. The van der Waals surface area contributed by atoms with E-state index in [0.29, 0.717) is 25.3 Å². The van der Waals surface area contributed by atoms with Crippen LogP contribution in [0.2, 0.25) is 0 Å². The van der Waals surface area contributed by atoms with E-state index >= 15 is 0 Å². The van der Waals surface area contributed by atoms with Gasteiger partial charge in [0.25, 0.3) is 5.82 Å². The standard InChI is InChI=1S/C15H21F3N4O/c1-2-7-19-14(23)21-12-3-4-13(20-10-12)22-8-5-11(6-9-22)15(16,17)18/h3-4,10-11H,2,5-9H2,1H3,(H2,19,21,23)/p+1. The summed E-state index contributed by atoms with van der Waals surface area (Å²) in [6.45, 7) is 3.29. The van der Waals surface area contributed by atoms with Gasteiger partial charge in [0.05, 0.1) is 24.7 Å². The molecule has 2 heterocycles. The predicted octanol–water partition coefficient (Wildman–Crippen LogP) is 2.81. The number of aromatic amines is 1. The van der Waals surface area contributed by atoms with Crippen molar-refractivity contribution in [2.45, 2.75) is 32.4 Å². The molecule has 0 aliphatic carbocycles. The van der Waals surface area contributed by atoms with Gasteiger partial charge in [-0.3, -0.25) is 4.90 Å². The molecule has 0 spiro atoms. The largest absolute Gasteiger partial charge is 0.392 e. The third-order valence-corrected chi connectivity index (χ3v) is 3.89. The summed E-state index contributed by atoms with van der Waals surface area (Å²) in [5.41, 5.74) is 0.604. The average Bonchev–Trinajstić information content (AvgIpc) is 2.53. The van der Waals surface area contributed by atoms with Crippen LogP contribution in [0.5, 0.6) is 0 Å². The van der Waals surface area contributed by atoms with Gasteiger partial charge in [-0.2, -0.15) is 13.2 Å². The van der Waals surface area contributed by atoms with E-state index in [4.69, 9.17) is 0 Å². The van der Waals surface area contributed by atoms with E-state index in [-0.39, 0.29) is 18.9 Å². The van der Waals surface area contributed by atoms with E-state index in [1.54, 1.807) is 18.3 Å². The van der Waals surface area contributed by atoms with Crippen molar-refractivity contribution in [1.82, 2.24) is 5.32 Å². The molecular formula is C15H22F3N4O+. The molecule has 1 aliphatic rings. The number of amides is 2. The number of H-pyrrole nitrogens is 1. The first-order valence-electron chi connectivity index (χ1n) is 7.78. The highest BCUT2D eigenvalue weighted by atomic mass is 19.4. The fraction of sp³-hybridized carbons (Fsp3) is 0.600. The number of carbonyl (C=O) groups is 1. The minimum Gasteiger partial charge on any atom is -0.338 e. The van der Waals surface area contributed by atoms with E-state index in [0.717, 1.165) is 12.2 Å². The monoisotopic (exact) mass is 331 g/mol. The molecule has 8 heteroatoms. The molecule has 0 radical (unpaired) electrons. The minimum atomic E-state index is -4.10. The zero-order valence-electron chi connectivity index (χ0n) is 13.0. The van der Waals surface area contributed by atoms with E-state index in [9.17, 15) is 18.0 Å². The summed E-state index contributed by atoms with van der Waals surface area (Å²) in [6, 6.07) is 3.22. The average molecular weight is 331 g/mol. The number of nitrogens with zero attached hydrogens (tertiary/aromatic N) is 1. The molecule has 5 nitrogen and oxygen atoms in total. The van der Waals surface area contributed by atoms with Crippen molar-refractivity contribution in [3.8, 4) is 0 Å². The lowest BCUT2D eigenvalue weighted by atomic mass is 9.96. The normalized spacial score (nSPS) is 16.3. The third kappa shape index (κ3) is 5.01. The first-order valence-corrected chi connectivity index (χ1v) is 7.78. The van der Waals surface area contributed by atoms with Gasteiger partial charge in [-0.25, -0.2) is 9.78 Å². The number of halogens is 3. The molecule has 0 aromatic carbocycles. The third-order valence-electron chi connectivity index (χ3n) is 3.89. The summed E-state index contributed by atoms with van der Waals surface area (Å²) in [7, 11) is 0. The molecule has 0 atom stereocenters. The fourth-order valence-corrected chi connectivity index (χ4v) is 2.55. The number of anilines is 2. The summed E-state index contributed by atoms with van der Waals surface area (Å²) in [5, 5.41) is 5.38. The van der Waals surface area contributed by atoms with Crippen LogP contribution in [0.3, 0.4) is 0 Å². The molecule has 1 aromatic rings. The molecule has 0 bridgehead atoms. The Balaban J connectivity index is 1.87. The number of nitrogens with one attached hydrogen (secondary N) is 3. The van der Waals surface area contributed by atoms with E-state index < -0.39 is 12.1 Å². The summed E-state index contributed by atoms with van der Waals surface area (Å²) in [4.78, 5) is 16.5. The Kier molecular flexibility index (Phi) is 5.68. The fourth-order valence-electron chi connectivity index (χ4n) is 2.55. The lowest BCUT2D eigenvalue weighted by molar-refractivity contribution is -0.363. The number of hydrogen-bond donors (Lipinski definition) is 2. The molecule has 2 amide bonds. The van der Waals surface area contributed by atoms with Gasteiger partial charge < -0.3 is 10.6 Å². The number of aromatic nitrogens is 1. The van der Waals surface area contributed by atoms with Gasteiger partial charge in [-0.05, 0) is 25.3 Å². The molecule has 23 heavy (non-hydrogen) atoms. The predicted molar refractivity (Wildman–Crippen MR) is 81.3 cm³/mol. The molecule has 2 rings (SSSR count). The van der Waals surface area contributed by atoms with Gasteiger partial charge in [0.2, 0.25) is 0 Å². The summed E-state index contributed by atoms with van der Waals surface area (Å²) >= 11 is 0. The van der Waals surface area contributed by atoms with Crippen LogP contribution in [0.4, 0.5) is 29.5 Å². The zero-order chi connectivity index (χ0) is 16.9. The Morgan fingerprint density at radius 1 is 1.35 bits per heavy atom. The molecule has 0 unspecified atom stereocenters. The highest BCUT2D eigenvalue weighted by Gasteiger charge is 2.42. The second-order valence-corrected chi connectivity index (χ2v) is 5.65. The summed E-state index contributed by atoms with van der Waals surface area (Å²) < 4.78 is 38.0. The van der Waals surface area contributed by atoms with Crippen LogP contribution >= 0.6 is 0 Å². The van der Waals surface area contributed by atoms with Crippen molar-refractivity contribution in [3.05, 3.63) is 18.3 Å². The van der Waals surface area contributed by atoms with Gasteiger partial charge in [0.1, 0.15) is 6.20 Å². The lowest BCUT2D eigenvalue weighted by Gasteiger charge is -2.28. The SMILES string of the molecule is CCCNC(=O)Nc1ccc(N2CCC(C(F)(F)F)CC2)[nH+]c1. The van der Waals surface area contributed by atoms with Crippen LogP contribution in [0.25, 0.3) is 0 Å². The van der Waals surface area contributed by atoms with Gasteiger partial charge in [0.15, 0.2) is 0 Å². The molecule has 3 N–H and O–H groups in total. The van der Waals surface area contributed by atoms with Gasteiger partial charge in [-0.15, -0.1) is 0 Å². The topological polar surface area (TPSA) is 58.5 Å². The zero-order valence-corrected chi connectivity index (χ0v) is 13.0. The van der Waals surface area contributed by atoms with Crippen molar-refractivity contribution in [1.29, 1.82) is 0 Å². The Bertz CT molecular complexity index is 510. The maximum atomic E-state index is 12.7. The molecule has 1 aliphatic heterocycles. The maximum absolute atomic E-state index is 12.7. The van der Waals surface area contributed by atoms with Crippen LogP contribution < -0.4 is 20.5 Å². The highest BCUT2D eigenvalue weighted by molar-refractivity contribution is 5.88. The smallest absolute Gasteiger partial charge is 0.338 e. The molecule has 1 saturated heterocycles. The Morgan fingerprint density at radius 3 is 2.57 bits per heavy atom. The quantitative estimate of drug-likeness (QED) is 0.891. The van der Waals surface area contributed by atoms with Crippen LogP contribution in [0, 0.1) is 5.92 Å². The van der Waals surface area contributed by atoms with Crippen molar-refractivity contribution in [2.24, 2.45) is 5.92 Å². The van der Waals surface area contributed by atoms with E-state index in [1.807, 2.05) is 11.8 Å². The van der Waals surface area contributed by atoms with Crippen LogP contribution in [-0.2, 0) is 0 Å². The number of rotatable bonds is 4. The van der Waals surface area contributed by atoms with Crippen LogP contribution in [-0.4, -0.2) is 31.8 Å². The van der Waals surface area contributed by atoms with Crippen LogP contribution in [0.1, 0.15) is 26.2 Å². The lowest BCUT2D eigenvalue weighted by Crippen LogP contribution is -2.41.